The second-order valence-electron chi connectivity index (χ2n) is 34.8. The molecule has 0 spiro atoms. The van der Waals surface area contributed by atoms with Gasteiger partial charge in [0.2, 0.25) is 12.1 Å². The number of ketones is 6. The molecule has 10 rings (SSSR count). The first kappa shape index (κ1) is 83.5. The fourth-order valence-electron chi connectivity index (χ4n) is 21.2. The molecule has 26 heteroatoms. The van der Waals surface area contributed by atoms with Crippen LogP contribution in [0.5, 0.6) is 0 Å². The van der Waals surface area contributed by atoms with E-state index in [2.05, 4.69) is 0 Å². The smallest absolute Gasteiger partial charge is 0.303 e. The summed E-state index contributed by atoms with van der Waals surface area (Å²) in [6, 6.07) is 0. The van der Waals surface area contributed by atoms with Crippen LogP contribution in [0.25, 0.3) is 0 Å². The standard InChI is InChI=1S/C38H56O13.C38H54O13.CH4/c2*1-18(40)51-33(2,3)13-12-25(42)38(9,48)30-21(41)15-35(6)24-11-10-19-20(37(24,8)26(43)16-36(30,35)7)14-22(31(47)34(19,4)5)49-32-29(46)28(45)27(44)23(17-39)50-32;/h10,12-13,20-24,27-30,32,39,41,44-46,48H,11,14-17H2,1-9H3;10,12-14,20-21,23-24,27-30,32,39,41,44-46,48H,11,15-17H2,1-9H3;1H4/b2*13-12+;/t20-,21-,22+,23?,24+,27?,28?,29?,30+,32?,35+,36-,37+,38+;20-,21-,23?,24+,27?,28?,29?,30+,32?,35+,36-,37+,38+;/m11./s1. The zero-order chi connectivity index (χ0) is 76.9. The Morgan fingerprint density at radius 2 is 0.951 bits per heavy atom. The van der Waals surface area contributed by atoms with Crippen LogP contribution in [0.3, 0.4) is 0 Å². The molecule has 5 saturated carbocycles. The minimum atomic E-state index is -2.09. The number of rotatable bonds is 16. The average molecular weight is 1460 g/mol. The van der Waals surface area contributed by atoms with Crippen LogP contribution in [-0.4, -0.2) is 223 Å². The van der Waals surface area contributed by atoms with Gasteiger partial charge in [0.15, 0.2) is 29.4 Å². The van der Waals surface area contributed by atoms with Crippen molar-refractivity contribution in [2.75, 3.05) is 13.2 Å². The zero-order valence-corrected chi connectivity index (χ0v) is 62.0. The first-order valence-corrected chi connectivity index (χ1v) is 35.5. The molecule has 10 aliphatic rings. The molecule has 103 heavy (non-hydrogen) atoms. The van der Waals surface area contributed by atoms with E-state index in [4.69, 9.17) is 28.4 Å². The third kappa shape index (κ3) is 13.2. The summed E-state index contributed by atoms with van der Waals surface area (Å²) in [6.45, 7) is 28.6. The van der Waals surface area contributed by atoms with Crippen LogP contribution in [0.4, 0.5) is 0 Å². The maximum Gasteiger partial charge on any atom is 0.303 e. The number of aliphatic hydroxyl groups excluding tert-OH is 10. The normalized spacial score (nSPS) is 43.7. The Bertz CT molecular complexity index is 3530. The number of hydrogen-bond acceptors (Lipinski definition) is 26. The molecular formula is C77H114O26. The molecule has 2 aliphatic heterocycles. The third-order valence-corrected chi connectivity index (χ3v) is 26.9. The van der Waals surface area contributed by atoms with Gasteiger partial charge >= 0.3 is 11.9 Å². The number of fused-ring (bicyclic) bond motifs is 10. The highest BCUT2D eigenvalue weighted by Gasteiger charge is 2.77. The molecule has 8 aliphatic carbocycles. The number of Topliss-reactive ketones (excluding diaryl/α,β-unsaturated/α-hetero) is 4. The number of carbonyl (C=O) groups is 8. The molecule has 0 bridgehead atoms. The van der Waals surface area contributed by atoms with Gasteiger partial charge in [-0.3, -0.25) is 38.4 Å². The zero-order valence-electron chi connectivity index (χ0n) is 62.0. The predicted octanol–water partition coefficient (Wildman–Crippen LogP) is 3.41. The van der Waals surface area contributed by atoms with E-state index in [1.807, 2.05) is 53.7 Å². The summed E-state index contributed by atoms with van der Waals surface area (Å²) in [5.74, 6) is -7.72. The van der Waals surface area contributed by atoms with Crippen LogP contribution >= 0.6 is 0 Å². The lowest BCUT2D eigenvalue weighted by Crippen LogP contribution is -2.66. The van der Waals surface area contributed by atoms with Gasteiger partial charge in [-0.05, 0) is 171 Å². The van der Waals surface area contributed by atoms with E-state index in [0.717, 1.165) is 17.7 Å². The fourth-order valence-corrected chi connectivity index (χ4v) is 21.2. The van der Waals surface area contributed by atoms with Gasteiger partial charge in [0.1, 0.15) is 88.9 Å². The molecule has 10 unspecified atom stereocenters. The maximum atomic E-state index is 14.8. The molecule has 0 aromatic heterocycles. The molecule has 12 N–H and O–H groups in total. The Kier molecular flexibility index (Phi) is 22.6. The summed E-state index contributed by atoms with van der Waals surface area (Å²) in [4.78, 5) is 108. The van der Waals surface area contributed by atoms with Crippen LogP contribution in [-0.2, 0) is 66.8 Å². The van der Waals surface area contributed by atoms with Crippen LogP contribution < -0.4 is 0 Å². The summed E-state index contributed by atoms with van der Waals surface area (Å²) >= 11 is 0. The van der Waals surface area contributed by atoms with Gasteiger partial charge in [-0.2, -0.15) is 0 Å². The van der Waals surface area contributed by atoms with Crippen molar-refractivity contribution in [3.63, 3.8) is 0 Å². The van der Waals surface area contributed by atoms with E-state index in [1.165, 1.54) is 39.8 Å². The predicted molar refractivity (Wildman–Crippen MR) is 367 cm³/mol. The number of carbonyl (C=O) groups excluding carboxylic acids is 8. The lowest BCUT2D eigenvalue weighted by atomic mass is 9.38. The summed E-state index contributed by atoms with van der Waals surface area (Å²) in [5, 5.41) is 129. The van der Waals surface area contributed by atoms with E-state index in [0.29, 0.717) is 18.4 Å². The molecule has 578 valence electrons. The van der Waals surface area contributed by atoms with Crippen LogP contribution in [0.15, 0.2) is 59.4 Å². The molecule has 26 nitrogen and oxygen atoms in total. The first-order valence-electron chi connectivity index (χ1n) is 35.5. The Labute approximate surface area is 602 Å². The van der Waals surface area contributed by atoms with E-state index >= 15 is 0 Å². The van der Waals surface area contributed by atoms with Crippen LogP contribution in [0.2, 0.25) is 0 Å². The van der Waals surface area contributed by atoms with E-state index in [-0.39, 0.29) is 68.6 Å². The van der Waals surface area contributed by atoms with Crippen molar-refractivity contribution in [1.29, 1.82) is 0 Å². The highest BCUT2D eigenvalue weighted by atomic mass is 16.7. The number of aliphatic hydroxyl groups is 12. The van der Waals surface area contributed by atoms with Crippen molar-refractivity contribution in [3.8, 4) is 0 Å². The molecule has 0 amide bonds. The van der Waals surface area contributed by atoms with E-state index in [9.17, 15) is 99.6 Å². The summed E-state index contributed by atoms with van der Waals surface area (Å²) in [7, 11) is 0. The van der Waals surface area contributed by atoms with Gasteiger partial charge < -0.3 is 89.7 Å². The second-order valence-corrected chi connectivity index (χ2v) is 34.8. The Morgan fingerprint density at radius 3 is 1.38 bits per heavy atom. The molecule has 0 aromatic carbocycles. The largest absolute Gasteiger partial charge is 0.459 e. The molecule has 0 aromatic rings. The number of hydrogen-bond donors (Lipinski definition) is 12. The molecule has 2 heterocycles. The van der Waals surface area contributed by atoms with Crippen LogP contribution in [0, 0.1) is 78.8 Å². The maximum absolute atomic E-state index is 14.8. The van der Waals surface area contributed by atoms with Crippen molar-refractivity contribution >= 4 is 46.6 Å². The van der Waals surface area contributed by atoms with Crippen molar-refractivity contribution < 1.29 is 128 Å². The van der Waals surface area contributed by atoms with E-state index in [1.54, 1.807) is 61.5 Å². The molecule has 0 radical (unpaired) electrons. The monoisotopic (exact) mass is 1450 g/mol. The number of ether oxygens (including phenoxy) is 6. The lowest BCUT2D eigenvalue weighted by Gasteiger charge is -2.64. The van der Waals surface area contributed by atoms with Gasteiger partial charge in [-0.1, -0.05) is 72.3 Å². The molecule has 2 saturated heterocycles. The minimum absolute atomic E-state index is 0. The average Bonchev–Trinajstić information content (AvgIpc) is 1.59. The summed E-state index contributed by atoms with van der Waals surface area (Å²) in [5.41, 5.74) is -13.0. The fraction of sp³-hybridized carbons (Fsp3) is 0.766. The minimum Gasteiger partial charge on any atom is -0.459 e. The number of esters is 2. The molecule has 27 atom stereocenters. The van der Waals surface area contributed by atoms with Gasteiger partial charge in [0.05, 0.1) is 30.8 Å². The SMILES string of the molecule is C.CC(=O)OC(C)(C)/C=C/C(=O)[C@](C)(O)[C@H]1[C@H](O)C[C@@]2(C)[C@@H]3CC=C4[C@@H](C=C(OC5OC(CO)C(O)C(O)C5O)C(=O)C4(C)C)[C@]3(C)C(=O)C[C@]12C.CC(=O)OC(C)(C)/C=C/C(=O)[C@](C)(O)[C@H]1[C@H](O)C[C@@]2(C)[C@@H]3CC=C4[C@@H](C[C@H](OC5OC(CO)C(O)C(O)C5O)C(=O)C4(C)C)[C@]3(C)C(=O)C[C@]12C. The summed E-state index contributed by atoms with van der Waals surface area (Å²) in [6.07, 6.45) is -7.48. The van der Waals surface area contributed by atoms with Gasteiger partial charge in [-0.15, -0.1) is 0 Å². The topological polar surface area (TPSA) is 435 Å². The Hall–Kier alpha value is -5.14. The van der Waals surface area contributed by atoms with Gasteiger partial charge in [0, 0.05) is 60.7 Å². The van der Waals surface area contributed by atoms with E-state index < -0.39 is 218 Å². The van der Waals surface area contributed by atoms with Gasteiger partial charge in [0.25, 0.3) is 0 Å². The second kappa shape index (κ2) is 27.8. The third-order valence-electron chi connectivity index (χ3n) is 26.9. The highest BCUT2D eigenvalue weighted by Crippen LogP contribution is 2.76. The summed E-state index contributed by atoms with van der Waals surface area (Å²) < 4.78 is 33.6. The quantitative estimate of drug-likeness (QED) is 0.0598. The van der Waals surface area contributed by atoms with Crippen molar-refractivity contribution in [2.24, 2.45) is 78.8 Å². The van der Waals surface area contributed by atoms with Crippen LogP contribution in [0.1, 0.15) is 177 Å². The lowest BCUT2D eigenvalue weighted by molar-refractivity contribution is -0.311. The van der Waals surface area contributed by atoms with Crippen molar-refractivity contribution in [1.82, 2.24) is 0 Å². The van der Waals surface area contributed by atoms with Crippen molar-refractivity contribution in [3.05, 3.63) is 59.4 Å². The van der Waals surface area contributed by atoms with Crippen molar-refractivity contribution in [2.45, 2.75) is 279 Å². The Balaban J connectivity index is 0.000000259. The number of allylic oxidation sites excluding steroid dienone is 6. The molecule has 7 fully saturated rings. The Morgan fingerprint density at radius 1 is 0.553 bits per heavy atom. The highest BCUT2D eigenvalue weighted by molar-refractivity contribution is 6.03. The molecular weight excluding hydrogens is 1340 g/mol. The first-order chi connectivity index (χ1) is 46.6. The van der Waals surface area contributed by atoms with Gasteiger partial charge in [-0.25, -0.2) is 0 Å².